The molecule has 0 atom stereocenters. The van der Waals surface area contributed by atoms with Crippen molar-refractivity contribution in [3.05, 3.63) is 51.0 Å². The Hall–Kier alpha value is -2.74. The van der Waals surface area contributed by atoms with Crippen molar-refractivity contribution in [2.75, 3.05) is 13.1 Å². The van der Waals surface area contributed by atoms with Gasteiger partial charge < -0.3 is 9.88 Å². The van der Waals surface area contributed by atoms with Crippen molar-refractivity contribution in [2.45, 2.75) is 57.9 Å². The molecule has 1 N–H and O–H groups in total. The van der Waals surface area contributed by atoms with Crippen LogP contribution in [0.2, 0.25) is 5.02 Å². The van der Waals surface area contributed by atoms with Crippen LogP contribution in [0.1, 0.15) is 62.8 Å². The fourth-order valence-electron chi connectivity index (χ4n) is 4.06. The van der Waals surface area contributed by atoms with Crippen molar-refractivity contribution >= 4 is 28.7 Å². The van der Waals surface area contributed by atoms with Crippen LogP contribution in [0.15, 0.2) is 29.1 Å². The molecule has 9 heteroatoms. The minimum absolute atomic E-state index is 0.0976. The number of hydrogen-bond acceptors (Lipinski definition) is 5. The summed E-state index contributed by atoms with van der Waals surface area (Å²) in [4.78, 5) is 34.5. The first-order valence-corrected chi connectivity index (χ1v) is 11.3. The third-order valence-electron chi connectivity index (χ3n) is 5.90. The molecule has 2 aromatic heterocycles. The summed E-state index contributed by atoms with van der Waals surface area (Å²) < 4.78 is 1.61. The van der Waals surface area contributed by atoms with Crippen LogP contribution >= 0.6 is 11.6 Å². The average Bonchev–Trinajstić information content (AvgIpc) is 3.19. The monoisotopic (exact) mass is 442 g/mol. The van der Waals surface area contributed by atoms with Crippen LogP contribution in [-0.2, 0) is 11.3 Å². The second kappa shape index (κ2) is 9.60. The highest BCUT2D eigenvalue weighted by Crippen LogP contribution is 2.26. The Morgan fingerprint density at radius 2 is 2.00 bits per heavy atom. The number of rotatable bonds is 7. The highest BCUT2D eigenvalue weighted by Gasteiger charge is 2.26. The molecule has 4 rings (SSSR count). The maximum absolute atomic E-state index is 12.6. The van der Waals surface area contributed by atoms with Crippen molar-refractivity contribution in [3.8, 4) is 0 Å². The molecule has 8 nitrogen and oxygen atoms in total. The van der Waals surface area contributed by atoms with Crippen LogP contribution in [0.3, 0.4) is 0 Å². The molecule has 1 fully saturated rings. The van der Waals surface area contributed by atoms with Crippen LogP contribution in [0.5, 0.6) is 0 Å². The number of benzene rings is 1. The average molecular weight is 443 g/mol. The number of unbranched alkanes of at least 4 members (excludes halogenated alkanes) is 2. The summed E-state index contributed by atoms with van der Waals surface area (Å²) in [6, 6.07) is 7.51. The van der Waals surface area contributed by atoms with Gasteiger partial charge in [0.25, 0.3) is 5.56 Å². The molecule has 164 valence electrons. The Morgan fingerprint density at radius 3 is 2.74 bits per heavy atom. The van der Waals surface area contributed by atoms with Crippen LogP contribution in [0, 0.1) is 0 Å². The first kappa shape index (κ1) is 21.5. The lowest BCUT2D eigenvalue weighted by atomic mass is 9.95. The zero-order valence-electron chi connectivity index (χ0n) is 17.7. The fourth-order valence-corrected chi connectivity index (χ4v) is 4.25. The summed E-state index contributed by atoms with van der Waals surface area (Å²) in [6.45, 7) is 3.90. The number of carbonyl (C=O) groups excluding carboxylic acids is 1. The van der Waals surface area contributed by atoms with Gasteiger partial charge in [0, 0.05) is 30.5 Å². The number of aromatic nitrogens is 5. The smallest absolute Gasteiger partial charge is 0.281 e. The van der Waals surface area contributed by atoms with Gasteiger partial charge in [0.2, 0.25) is 5.91 Å². The summed E-state index contributed by atoms with van der Waals surface area (Å²) >= 11 is 6.27. The molecule has 3 heterocycles. The van der Waals surface area contributed by atoms with Crippen molar-refractivity contribution in [2.24, 2.45) is 0 Å². The minimum atomic E-state index is -0.288. The van der Waals surface area contributed by atoms with Crippen molar-refractivity contribution in [3.63, 3.8) is 0 Å². The maximum Gasteiger partial charge on any atom is 0.281 e. The third kappa shape index (κ3) is 4.79. The van der Waals surface area contributed by atoms with Gasteiger partial charge in [-0.25, -0.2) is 9.67 Å². The number of nitrogens with one attached hydrogen (secondary N) is 1. The maximum atomic E-state index is 12.6. The van der Waals surface area contributed by atoms with Gasteiger partial charge in [0.1, 0.15) is 5.82 Å². The molecule has 1 saturated heterocycles. The summed E-state index contributed by atoms with van der Waals surface area (Å²) in [5.74, 6) is 0.963. The zero-order valence-corrected chi connectivity index (χ0v) is 18.4. The Labute approximate surface area is 185 Å². The molecule has 1 aliphatic heterocycles. The number of nitrogens with zero attached hydrogens (tertiary/aromatic N) is 5. The van der Waals surface area contributed by atoms with E-state index in [9.17, 15) is 9.59 Å². The Kier molecular flexibility index (Phi) is 6.65. The van der Waals surface area contributed by atoms with Crippen LogP contribution < -0.4 is 5.56 Å². The van der Waals surface area contributed by atoms with Gasteiger partial charge in [-0.1, -0.05) is 54.8 Å². The highest BCUT2D eigenvalue weighted by molar-refractivity contribution is 6.31. The second-order valence-corrected chi connectivity index (χ2v) is 8.48. The Bertz CT molecular complexity index is 1120. The lowest BCUT2D eigenvalue weighted by Gasteiger charge is -2.31. The van der Waals surface area contributed by atoms with Crippen LogP contribution in [-0.4, -0.2) is 48.9 Å². The van der Waals surface area contributed by atoms with Crippen molar-refractivity contribution in [1.29, 1.82) is 0 Å². The molecule has 1 amide bonds. The predicted octanol–water partition coefficient (Wildman–Crippen LogP) is 3.50. The standard InChI is InChI=1S/C22H27ClN6O2/c1-2-3-4-9-18(30)28-12-10-15(11-13-28)20-24-21-19(22(31)25-20)26-27-29(21)14-16-7-5-6-8-17(16)23/h5-8,15H,2-4,9-14H2,1H3,(H,24,25,31). The van der Waals surface area contributed by atoms with Crippen LogP contribution in [0.25, 0.3) is 11.2 Å². The van der Waals surface area contributed by atoms with Gasteiger partial charge in [-0.05, 0) is 30.9 Å². The minimum Gasteiger partial charge on any atom is -0.343 e. The Morgan fingerprint density at radius 1 is 1.23 bits per heavy atom. The topological polar surface area (TPSA) is 96.8 Å². The van der Waals surface area contributed by atoms with Crippen molar-refractivity contribution in [1.82, 2.24) is 29.9 Å². The molecular weight excluding hydrogens is 416 g/mol. The van der Waals surface area contributed by atoms with E-state index in [1.807, 2.05) is 29.2 Å². The molecule has 1 aliphatic rings. The second-order valence-electron chi connectivity index (χ2n) is 8.07. The van der Waals surface area contributed by atoms with Gasteiger partial charge in [0.05, 0.1) is 6.54 Å². The van der Waals surface area contributed by atoms with E-state index in [-0.39, 0.29) is 22.9 Å². The predicted molar refractivity (Wildman–Crippen MR) is 119 cm³/mol. The Balaban J connectivity index is 1.50. The number of piperidine rings is 1. The molecule has 0 spiro atoms. The van der Waals surface area contributed by atoms with Gasteiger partial charge in [-0.3, -0.25) is 9.59 Å². The highest BCUT2D eigenvalue weighted by atomic mass is 35.5. The number of amides is 1. The van der Waals surface area contributed by atoms with Crippen molar-refractivity contribution < 1.29 is 4.79 Å². The fraction of sp³-hybridized carbons (Fsp3) is 0.500. The molecule has 0 unspecified atom stereocenters. The zero-order chi connectivity index (χ0) is 21.8. The number of aromatic amines is 1. The SMILES string of the molecule is CCCCCC(=O)N1CCC(c2nc3c(nnn3Cc3ccccc3Cl)c(=O)[nH]2)CC1. The van der Waals surface area contributed by atoms with Crippen LogP contribution in [0.4, 0.5) is 0 Å². The lowest BCUT2D eigenvalue weighted by molar-refractivity contribution is -0.132. The molecule has 0 saturated carbocycles. The molecule has 0 aliphatic carbocycles. The first-order chi connectivity index (χ1) is 15.1. The summed E-state index contributed by atoms with van der Waals surface area (Å²) in [5.41, 5.74) is 1.27. The molecule has 1 aromatic carbocycles. The number of halogens is 1. The molecule has 3 aromatic rings. The number of H-pyrrole nitrogens is 1. The normalized spacial score (nSPS) is 15.0. The van der Waals surface area contributed by atoms with E-state index in [0.29, 0.717) is 42.5 Å². The summed E-state index contributed by atoms with van der Waals surface area (Å²) in [7, 11) is 0. The summed E-state index contributed by atoms with van der Waals surface area (Å²) in [5, 5.41) is 8.77. The first-order valence-electron chi connectivity index (χ1n) is 10.9. The molecule has 0 bridgehead atoms. The number of hydrogen-bond donors (Lipinski definition) is 1. The van der Waals surface area contributed by atoms with E-state index in [0.717, 1.165) is 37.7 Å². The van der Waals surface area contributed by atoms with Gasteiger partial charge in [0.15, 0.2) is 11.2 Å². The molecule has 0 radical (unpaired) electrons. The van der Waals surface area contributed by atoms with Gasteiger partial charge in [-0.2, -0.15) is 0 Å². The number of fused-ring (bicyclic) bond motifs is 1. The number of likely N-dealkylation sites (tertiary alicyclic amines) is 1. The third-order valence-corrected chi connectivity index (χ3v) is 6.27. The van der Waals surface area contributed by atoms with Gasteiger partial charge in [-0.15, -0.1) is 5.10 Å². The molecule has 31 heavy (non-hydrogen) atoms. The van der Waals surface area contributed by atoms with E-state index in [2.05, 4.69) is 22.2 Å². The summed E-state index contributed by atoms with van der Waals surface area (Å²) in [6.07, 6.45) is 5.32. The van der Waals surface area contributed by atoms with E-state index >= 15 is 0 Å². The lowest BCUT2D eigenvalue weighted by Crippen LogP contribution is -2.38. The number of carbonyl (C=O) groups is 1. The van der Waals surface area contributed by atoms with Gasteiger partial charge >= 0.3 is 0 Å². The van der Waals surface area contributed by atoms with E-state index in [1.54, 1.807) is 4.68 Å². The van der Waals surface area contributed by atoms with E-state index in [4.69, 9.17) is 16.6 Å². The molecular formula is C22H27ClN6O2. The van der Waals surface area contributed by atoms with E-state index in [1.165, 1.54) is 0 Å². The largest absolute Gasteiger partial charge is 0.343 e. The quantitative estimate of drug-likeness (QED) is 0.565. The van der Waals surface area contributed by atoms with E-state index < -0.39 is 0 Å².